The fourth-order valence-electron chi connectivity index (χ4n) is 0.936. The van der Waals surface area contributed by atoms with E-state index in [0.29, 0.717) is 11.7 Å². The van der Waals surface area contributed by atoms with Crippen molar-refractivity contribution in [3.63, 3.8) is 0 Å². The standard InChI is InChI=1S/C7H9N3O/c1-5(2)10-3-6-7(9-10)8-4-11-6/h3-5H,1-2H3. The van der Waals surface area contributed by atoms with Crippen LogP contribution in [0.1, 0.15) is 19.9 Å². The Hall–Kier alpha value is -1.32. The molecule has 0 aliphatic carbocycles. The summed E-state index contributed by atoms with van der Waals surface area (Å²) < 4.78 is 6.89. The van der Waals surface area contributed by atoms with Crippen LogP contribution >= 0.6 is 0 Å². The summed E-state index contributed by atoms with van der Waals surface area (Å²) in [5, 5.41) is 4.18. The molecule has 0 bridgehead atoms. The van der Waals surface area contributed by atoms with E-state index in [2.05, 4.69) is 23.9 Å². The quantitative estimate of drug-likeness (QED) is 0.621. The summed E-state index contributed by atoms with van der Waals surface area (Å²) >= 11 is 0. The van der Waals surface area contributed by atoms with Gasteiger partial charge < -0.3 is 4.42 Å². The molecule has 0 atom stereocenters. The molecule has 0 amide bonds. The lowest BCUT2D eigenvalue weighted by atomic mass is 10.4. The fourth-order valence-corrected chi connectivity index (χ4v) is 0.936. The van der Waals surface area contributed by atoms with Gasteiger partial charge in [0.25, 0.3) is 0 Å². The van der Waals surface area contributed by atoms with Crippen molar-refractivity contribution in [1.29, 1.82) is 0 Å². The molecule has 2 aromatic rings. The molecule has 0 spiro atoms. The van der Waals surface area contributed by atoms with Gasteiger partial charge in [-0.15, -0.1) is 5.10 Å². The van der Waals surface area contributed by atoms with E-state index in [1.165, 1.54) is 6.39 Å². The van der Waals surface area contributed by atoms with Crippen LogP contribution in [0, 0.1) is 0 Å². The van der Waals surface area contributed by atoms with E-state index in [4.69, 9.17) is 4.42 Å². The Labute approximate surface area is 63.8 Å². The average Bonchev–Trinajstić information content (AvgIpc) is 2.40. The molecule has 2 rings (SSSR count). The lowest BCUT2D eigenvalue weighted by Gasteiger charge is -2.01. The summed E-state index contributed by atoms with van der Waals surface area (Å²) in [5.41, 5.74) is 1.43. The van der Waals surface area contributed by atoms with E-state index in [-0.39, 0.29) is 0 Å². The SMILES string of the molecule is CC(C)n1cc2ocnc2n1. The van der Waals surface area contributed by atoms with Gasteiger partial charge in [-0.2, -0.15) is 4.98 Å². The smallest absolute Gasteiger partial charge is 0.219 e. The third-order valence-corrected chi connectivity index (χ3v) is 1.56. The molecule has 0 radical (unpaired) electrons. The highest BCUT2D eigenvalue weighted by Crippen LogP contribution is 2.12. The Morgan fingerprint density at radius 1 is 1.55 bits per heavy atom. The van der Waals surface area contributed by atoms with Gasteiger partial charge in [0, 0.05) is 6.04 Å². The zero-order valence-corrected chi connectivity index (χ0v) is 6.48. The van der Waals surface area contributed by atoms with E-state index in [1.54, 1.807) is 0 Å². The summed E-state index contributed by atoms with van der Waals surface area (Å²) in [5.74, 6) is 0. The van der Waals surface area contributed by atoms with Crippen LogP contribution in [0.25, 0.3) is 11.2 Å². The van der Waals surface area contributed by atoms with Gasteiger partial charge in [0.15, 0.2) is 12.0 Å². The minimum absolute atomic E-state index is 0.361. The highest BCUT2D eigenvalue weighted by Gasteiger charge is 2.05. The van der Waals surface area contributed by atoms with E-state index in [1.807, 2.05) is 10.9 Å². The number of aromatic nitrogens is 3. The number of nitrogens with zero attached hydrogens (tertiary/aromatic N) is 3. The van der Waals surface area contributed by atoms with Crippen LogP contribution in [0.15, 0.2) is 17.0 Å². The minimum Gasteiger partial charge on any atom is -0.440 e. The Bertz CT molecular complexity index is 332. The van der Waals surface area contributed by atoms with Crippen molar-refractivity contribution < 1.29 is 4.42 Å². The molecule has 11 heavy (non-hydrogen) atoms. The minimum atomic E-state index is 0.361. The molecule has 0 saturated carbocycles. The van der Waals surface area contributed by atoms with Crippen LogP contribution in [0.2, 0.25) is 0 Å². The van der Waals surface area contributed by atoms with Crippen LogP contribution < -0.4 is 0 Å². The Morgan fingerprint density at radius 3 is 3.00 bits per heavy atom. The first-order valence-electron chi connectivity index (χ1n) is 3.56. The number of hydrogen-bond donors (Lipinski definition) is 0. The highest BCUT2D eigenvalue weighted by molar-refractivity contribution is 5.65. The predicted molar refractivity (Wildman–Crippen MR) is 40.2 cm³/mol. The van der Waals surface area contributed by atoms with Gasteiger partial charge in [-0.05, 0) is 13.8 Å². The van der Waals surface area contributed by atoms with Crippen molar-refractivity contribution in [2.75, 3.05) is 0 Å². The molecule has 4 nitrogen and oxygen atoms in total. The third-order valence-electron chi connectivity index (χ3n) is 1.56. The maximum atomic E-state index is 5.05. The molecule has 0 fully saturated rings. The molecular weight excluding hydrogens is 142 g/mol. The summed E-state index contributed by atoms with van der Waals surface area (Å²) in [6, 6.07) is 0.361. The second-order valence-electron chi connectivity index (χ2n) is 2.74. The van der Waals surface area contributed by atoms with E-state index in [9.17, 15) is 0 Å². The van der Waals surface area contributed by atoms with Gasteiger partial charge in [-0.1, -0.05) is 0 Å². The largest absolute Gasteiger partial charge is 0.440 e. The lowest BCUT2D eigenvalue weighted by Crippen LogP contribution is -2.00. The molecule has 58 valence electrons. The first kappa shape index (κ1) is 6.39. The number of hydrogen-bond acceptors (Lipinski definition) is 3. The predicted octanol–water partition coefficient (Wildman–Crippen LogP) is 1.61. The summed E-state index contributed by atoms with van der Waals surface area (Å²) in [6.45, 7) is 4.12. The molecule has 0 aliphatic heterocycles. The number of rotatable bonds is 1. The van der Waals surface area contributed by atoms with Crippen LogP contribution in [-0.2, 0) is 0 Å². The van der Waals surface area contributed by atoms with Crippen molar-refractivity contribution >= 4 is 11.2 Å². The topological polar surface area (TPSA) is 43.9 Å². The lowest BCUT2D eigenvalue weighted by molar-refractivity contribution is 0.528. The zero-order chi connectivity index (χ0) is 7.84. The maximum absolute atomic E-state index is 5.05. The zero-order valence-electron chi connectivity index (χ0n) is 6.48. The molecule has 2 heterocycles. The molecule has 0 aromatic carbocycles. The second-order valence-corrected chi connectivity index (χ2v) is 2.74. The van der Waals surface area contributed by atoms with Crippen molar-refractivity contribution in [3.05, 3.63) is 12.6 Å². The first-order valence-corrected chi connectivity index (χ1v) is 3.56. The number of fused-ring (bicyclic) bond motifs is 1. The van der Waals surface area contributed by atoms with Gasteiger partial charge >= 0.3 is 0 Å². The Morgan fingerprint density at radius 2 is 2.36 bits per heavy atom. The Balaban J connectivity index is 2.58. The normalized spacial score (nSPS) is 11.5. The molecule has 0 aliphatic rings. The van der Waals surface area contributed by atoms with Crippen molar-refractivity contribution in [3.8, 4) is 0 Å². The van der Waals surface area contributed by atoms with Crippen LogP contribution in [0.4, 0.5) is 0 Å². The summed E-state index contributed by atoms with van der Waals surface area (Å²) in [7, 11) is 0. The van der Waals surface area contributed by atoms with Gasteiger partial charge in [0.2, 0.25) is 5.65 Å². The van der Waals surface area contributed by atoms with Crippen molar-refractivity contribution in [2.24, 2.45) is 0 Å². The van der Waals surface area contributed by atoms with Crippen molar-refractivity contribution in [1.82, 2.24) is 14.8 Å². The summed E-state index contributed by atoms with van der Waals surface area (Å²) in [4.78, 5) is 3.92. The first-order chi connectivity index (χ1) is 5.27. The van der Waals surface area contributed by atoms with Crippen LogP contribution in [-0.4, -0.2) is 14.8 Å². The van der Waals surface area contributed by atoms with Crippen LogP contribution in [0.5, 0.6) is 0 Å². The van der Waals surface area contributed by atoms with Gasteiger partial charge in [-0.25, -0.2) is 0 Å². The molecule has 4 heteroatoms. The highest BCUT2D eigenvalue weighted by atomic mass is 16.3. The molecule has 0 N–H and O–H groups in total. The molecular formula is C7H9N3O. The molecule has 0 saturated heterocycles. The maximum Gasteiger partial charge on any atom is 0.219 e. The van der Waals surface area contributed by atoms with E-state index >= 15 is 0 Å². The average molecular weight is 151 g/mol. The van der Waals surface area contributed by atoms with Crippen LogP contribution in [0.3, 0.4) is 0 Å². The Kier molecular flexibility index (Phi) is 1.21. The summed E-state index contributed by atoms with van der Waals surface area (Å²) in [6.07, 6.45) is 3.26. The van der Waals surface area contributed by atoms with Gasteiger partial charge in [0.1, 0.15) is 0 Å². The third kappa shape index (κ3) is 0.906. The van der Waals surface area contributed by atoms with E-state index < -0.39 is 0 Å². The van der Waals surface area contributed by atoms with E-state index in [0.717, 1.165) is 5.58 Å². The second kappa shape index (κ2) is 2.08. The molecule has 2 aromatic heterocycles. The van der Waals surface area contributed by atoms with Gasteiger partial charge in [-0.3, -0.25) is 4.68 Å². The number of oxazole rings is 1. The fraction of sp³-hybridized carbons (Fsp3) is 0.429. The van der Waals surface area contributed by atoms with Crippen molar-refractivity contribution in [2.45, 2.75) is 19.9 Å². The molecule has 0 unspecified atom stereocenters. The monoisotopic (exact) mass is 151 g/mol. The van der Waals surface area contributed by atoms with Gasteiger partial charge in [0.05, 0.1) is 6.20 Å².